The molecule has 0 aliphatic carbocycles. The summed E-state index contributed by atoms with van der Waals surface area (Å²) in [5, 5.41) is 11.5. The number of nitrogens with one attached hydrogen (secondary N) is 1. The van der Waals surface area contributed by atoms with Gasteiger partial charge >= 0.3 is 28.3 Å². The van der Waals surface area contributed by atoms with E-state index in [-0.39, 0.29) is 22.0 Å². The van der Waals surface area contributed by atoms with E-state index >= 15 is 0 Å². The molecule has 0 unspecified atom stereocenters. The third-order valence-corrected chi connectivity index (χ3v) is 2.63. The molecular formula is C16H27N2O2+3. The Balaban J connectivity index is 3.07. The van der Waals surface area contributed by atoms with Gasteiger partial charge in [0, 0.05) is 6.54 Å². The van der Waals surface area contributed by atoms with Gasteiger partial charge in [-0.15, -0.1) is 0 Å². The molecule has 1 aromatic rings. The van der Waals surface area contributed by atoms with Gasteiger partial charge in [-0.1, -0.05) is 41.5 Å². The molecule has 0 aliphatic rings. The van der Waals surface area contributed by atoms with E-state index in [9.17, 15) is 4.79 Å². The quantitative estimate of drug-likeness (QED) is 0.681. The molecule has 4 nitrogen and oxygen atoms in total. The van der Waals surface area contributed by atoms with Crippen molar-refractivity contribution in [1.82, 2.24) is 0 Å². The van der Waals surface area contributed by atoms with Crippen LogP contribution in [0.15, 0.2) is 21.9 Å². The molecule has 0 heterocycles. The molecule has 0 atom stereocenters. The van der Waals surface area contributed by atoms with E-state index < -0.39 is 0 Å². The summed E-state index contributed by atoms with van der Waals surface area (Å²) in [6.07, 6.45) is 0. The van der Waals surface area contributed by atoms with Gasteiger partial charge in [-0.25, -0.2) is 0 Å². The lowest BCUT2D eigenvalue weighted by molar-refractivity contribution is 0.425. The summed E-state index contributed by atoms with van der Waals surface area (Å²) in [6, 6.07) is 3.04. The third kappa shape index (κ3) is 5.59. The van der Waals surface area contributed by atoms with Crippen LogP contribution in [0, 0.1) is 10.8 Å². The smallest absolute Gasteiger partial charge is 0.495 e. The average Bonchev–Trinajstić information content (AvgIpc) is 2.24. The summed E-state index contributed by atoms with van der Waals surface area (Å²) < 4.78 is 0. The molecular weight excluding hydrogens is 252 g/mol. The van der Waals surface area contributed by atoms with Gasteiger partial charge in [0.1, 0.15) is 0 Å². The summed E-state index contributed by atoms with van der Waals surface area (Å²) >= 11 is 0. The van der Waals surface area contributed by atoms with Crippen molar-refractivity contribution in [3.63, 3.8) is 0 Å². The lowest BCUT2D eigenvalue weighted by Crippen LogP contribution is -2.27. The van der Waals surface area contributed by atoms with Crippen LogP contribution in [0.3, 0.4) is 0 Å². The van der Waals surface area contributed by atoms with Crippen LogP contribution in [0.2, 0.25) is 0 Å². The highest BCUT2D eigenvalue weighted by molar-refractivity contribution is 5.55. The van der Waals surface area contributed by atoms with Gasteiger partial charge in [0.05, 0.1) is 6.54 Å². The minimum Gasteiger partial charge on any atom is -0.517 e. The second kappa shape index (κ2) is 5.81. The predicted octanol–water partition coefficient (Wildman–Crippen LogP) is 2.33. The normalized spacial score (nSPS) is 13.6. The van der Waals surface area contributed by atoms with Crippen LogP contribution in [0.1, 0.15) is 41.5 Å². The Hall–Kier alpha value is -1.58. The molecule has 1 rings (SSSR count). The van der Waals surface area contributed by atoms with Gasteiger partial charge in [-0.3, -0.25) is 0 Å². The Morgan fingerprint density at radius 2 is 1.70 bits per heavy atom. The predicted molar refractivity (Wildman–Crippen MR) is 84.8 cm³/mol. The van der Waals surface area contributed by atoms with Gasteiger partial charge in [0.25, 0.3) is 0 Å². The van der Waals surface area contributed by atoms with Crippen molar-refractivity contribution in [3.8, 4) is 5.75 Å². The van der Waals surface area contributed by atoms with Gasteiger partial charge in [-0.05, 0) is 10.8 Å². The molecule has 0 spiro atoms. The van der Waals surface area contributed by atoms with E-state index in [0.29, 0.717) is 17.6 Å². The molecule has 0 radical (unpaired) electrons. The molecule has 110 valence electrons. The van der Waals surface area contributed by atoms with Crippen LogP contribution in [-0.2, 0) is 0 Å². The highest BCUT2D eigenvalue weighted by Gasteiger charge is 2.28. The molecule has 0 aliphatic heterocycles. The molecule has 0 fully saturated rings. The highest BCUT2D eigenvalue weighted by Crippen LogP contribution is 2.21. The fraction of sp³-hybridized carbons (Fsp3) is 0.625. The molecule has 1 aromatic carbocycles. The van der Waals surface area contributed by atoms with Crippen molar-refractivity contribution in [2.45, 2.75) is 41.5 Å². The summed E-state index contributed by atoms with van der Waals surface area (Å²) in [7, 11) is 0. The zero-order chi connectivity index (χ0) is 15.6. The average molecular weight is 279 g/mol. The molecule has 0 saturated carbocycles. The molecule has 3 N–H and O–H groups in total. The maximum atomic E-state index is 11.9. The van der Waals surface area contributed by atoms with Gasteiger partial charge < -0.3 is 10.4 Å². The first-order chi connectivity index (χ1) is 8.98. The van der Waals surface area contributed by atoms with Crippen LogP contribution in [0.5, 0.6) is 5.75 Å². The van der Waals surface area contributed by atoms with Crippen molar-refractivity contribution < 1.29 is 5.11 Å². The first kappa shape index (κ1) is 16.5. The lowest BCUT2D eigenvalue weighted by Gasteiger charge is -2.16. The zero-order valence-electron chi connectivity index (χ0n) is 13.4. The number of rotatable bonds is 3. The zero-order valence-corrected chi connectivity index (χ0v) is 13.4. The molecule has 0 amide bonds. The van der Waals surface area contributed by atoms with E-state index in [2.05, 4.69) is 51.9 Å². The number of anilines is 1. The van der Waals surface area contributed by atoms with Crippen LogP contribution < -0.4 is 16.1 Å². The molecule has 0 bridgehead atoms. The van der Waals surface area contributed by atoms with Crippen molar-refractivity contribution in [2.75, 3.05) is 18.4 Å². The lowest BCUT2D eigenvalue weighted by atomic mass is 9.97. The summed E-state index contributed by atoms with van der Waals surface area (Å²) in [4.78, 5) is 16.3. The van der Waals surface area contributed by atoms with E-state index in [0.717, 1.165) is 6.54 Å². The van der Waals surface area contributed by atoms with E-state index in [1.807, 2.05) is 0 Å². The number of hydrogen-bond acceptors (Lipinski definition) is 3. The number of hydrogen-bond donors (Lipinski definition) is 1. The fourth-order valence-electron chi connectivity index (χ4n) is 1.52. The summed E-state index contributed by atoms with van der Waals surface area (Å²) in [5.74, 6) is 0.231. The maximum absolute atomic E-state index is 11.9. The van der Waals surface area contributed by atoms with E-state index in [4.69, 9.17) is 5.11 Å². The number of benzene rings is 1. The molecule has 0 saturated heterocycles. The summed E-state index contributed by atoms with van der Waals surface area (Å²) in [5.41, 5.74) is 0.656. The van der Waals surface area contributed by atoms with Crippen molar-refractivity contribution in [1.29, 1.82) is 0 Å². The maximum Gasteiger partial charge on any atom is 0.495 e. The van der Waals surface area contributed by atoms with Gasteiger partial charge in [0.15, 0.2) is 0 Å². The van der Waals surface area contributed by atoms with Crippen LogP contribution in [0.4, 0.5) is 5.69 Å². The molecule has 20 heavy (non-hydrogen) atoms. The minimum atomic E-state index is -0.180. The van der Waals surface area contributed by atoms with E-state index in [1.165, 1.54) is 6.07 Å². The first-order valence-electron chi connectivity index (χ1n) is 6.96. The van der Waals surface area contributed by atoms with Crippen LogP contribution >= 0.6 is 0 Å². The molecule has 4 heteroatoms. The summed E-state index contributed by atoms with van der Waals surface area (Å²) in [6.45, 7) is 14.0. The van der Waals surface area contributed by atoms with Crippen LogP contribution in [0.25, 0.3) is 0 Å². The van der Waals surface area contributed by atoms with Gasteiger partial charge in [-0.2, -0.15) is 9.79 Å². The first-order valence-corrected chi connectivity index (χ1v) is 6.96. The van der Waals surface area contributed by atoms with Crippen molar-refractivity contribution in [2.24, 2.45) is 15.8 Å². The Bertz CT molecular complexity index is 566. The third-order valence-electron chi connectivity index (χ3n) is 2.63. The second-order valence-corrected chi connectivity index (χ2v) is 7.66. The molecule has 0 aromatic heterocycles. The SMILES string of the molecule is CC(C)(C)CN=c1[cH+]c(NCC(C)(C)C)c([OH2+])[cH+]c1=O. The standard InChI is InChI=1S/C16H24N2O2/c1-15(2,3)9-17-11-7-12(14(20)8-13(11)19)18-10-16(4,5)6/h7-8H,9-10H2,1-6H3/p+3. The Morgan fingerprint density at radius 1 is 1.10 bits per heavy atom. The number of nitrogens with zero attached hydrogens (tertiary/aromatic N) is 1. The van der Waals surface area contributed by atoms with Gasteiger partial charge in [0.2, 0.25) is 6.07 Å². The highest BCUT2D eigenvalue weighted by atomic mass is 16.3. The van der Waals surface area contributed by atoms with Crippen LogP contribution in [-0.4, -0.2) is 18.2 Å². The topological polar surface area (TPSA) is 64.4 Å². The Labute approximate surface area is 120 Å². The van der Waals surface area contributed by atoms with Crippen molar-refractivity contribution in [3.05, 3.63) is 27.7 Å². The Morgan fingerprint density at radius 3 is 2.20 bits per heavy atom. The Kier molecular flexibility index (Phi) is 4.79. The minimum absolute atomic E-state index is 0.0467. The fourth-order valence-corrected chi connectivity index (χ4v) is 1.52. The van der Waals surface area contributed by atoms with Crippen molar-refractivity contribution >= 4 is 5.69 Å². The second-order valence-electron chi connectivity index (χ2n) is 7.66. The largest absolute Gasteiger partial charge is 0.517 e. The monoisotopic (exact) mass is 279 g/mol. The van der Waals surface area contributed by atoms with E-state index in [1.54, 1.807) is 6.07 Å².